The van der Waals surface area contributed by atoms with Crippen LogP contribution in [0.15, 0.2) is 54.7 Å². The van der Waals surface area contributed by atoms with Crippen molar-refractivity contribution in [1.29, 1.82) is 5.26 Å². The lowest BCUT2D eigenvalue weighted by Crippen LogP contribution is -2.05. The summed E-state index contributed by atoms with van der Waals surface area (Å²) >= 11 is 0. The summed E-state index contributed by atoms with van der Waals surface area (Å²) in [6, 6.07) is 16.6. The number of fused-ring (bicyclic) bond motifs is 1. The fourth-order valence-electron chi connectivity index (χ4n) is 2.52. The van der Waals surface area contributed by atoms with Crippen molar-refractivity contribution in [2.24, 2.45) is 0 Å². The highest BCUT2D eigenvalue weighted by atomic mass is 16.4. The lowest BCUT2D eigenvalue weighted by molar-refractivity contribution is 0.0698. The zero-order valence-corrected chi connectivity index (χ0v) is 11.2. The van der Waals surface area contributed by atoms with Crippen molar-refractivity contribution in [2.45, 2.75) is 6.54 Å². The number of aromatic carboxylic acids is 1. The van der Waals surface area contributed by atoms with Crippen molar-refractivity contribution in [3.05, 3.63) is 71.4 Å². The van der Waals surface area contributed by atoms with Crippen molar-refractivity contribution in [3.8, 4) is 6.07 Å². The Labute approximate surface area is 121 Å². The molecule has 0 atom stereocenters. The normalized spacial score (nSPS) is 10.4. The Kier molecular flexibility index (Phi) is 3.17. The van der Waals surface area contributed by atoms with Crippen LogP contribution in [-0.2, 0) is 6.54 Å². The molecule has 1 N–H and O–H groups in total. The van der Waals surface area contributed by atoms with Crippen molar-refractivity contribution in [2.75, 3.05) is 0 Å². The number of nitriles is 1. The van der Waals surface area contributed by atoms with Crippen LogP contribution < -0.4 is 0 Å². The Bertz CT molecular complexity index is 872. The first-order valence-corrected chi connectivity index (χ1v) is 6.50. The predicted octanol–water partition coefficient (Wildman–Crippen LogP) is 3.26. The third kappa shape index (κ3) is 2.26. The van der Waals surface area contributed by atoms with Gasteiger partial charge >= 0.3 is 5.97 Å². The van der Waals surface area contributed by atoms with E-state index in [-0.39, 0.29) is 5.56 Å². The molecule has 0 saturated heterocycles. The van der Waals surface area contributed by atoms with Gasteiger partial charge < -0.3 is 9.67 Å². The first kappa shape index (κ1) is 12.9. The molecule has 0 fully saturated rings. The molecule has 0 amide bonds. The van der Waals surface area contributed by atoms with Crippen LogP contribution in [0, 0.1) is 11.3 Å². The summed E-state index contributed by atoms with van der Waals surface area (Å²) in [4.78, 5) is 11.4. The van der Waals surface area contributed by atoms with Gasteiger partial charge in [0.1, 0.15) is 0 Å². The number of carbonyl (C=O) groups is 1. The molecule has 1 aromatic heterocycles. The number of hydrogen-bond acceptors (Lipinski definition) is 2. The van der Waals surface area contributed by atoms with Gasteiger partial charge in [0, 0.05) is 18.1 Å². The number of rotatable bonds is 3. The molecule has 3 rings (SSSR count). The van der Waals surface area contributed by atoms with E-state index < -0.39 is 5.97 Å². The lowest BCUT2D eigenvalue weighted by Gasteiger charge is -2.09. The van der Waals surface area contributed by atoms with Crippen LogP contribution in [0.1, 0.15) is 21.5 Å². The summed E-state index contributed by atoms with van der Waals surface area (Å²) in [5.41, 5.74) is 2.43. The van der Waals surface area contributed by atoms with Crippen molar-refractivity contribution >= 4 is 16.9 Å². The van der Waals surface area contributed by atoms with E-state index in [4.69, 9.17) is 5.26 Å². The molecule has 0 unspecified atom stereocenters. The minimum Gasteiger partial charge on any atom is -0.478 e. The van der Waals surface area contributed by atoms with E-state index in [0.29, 0.717) is 17.6 Å². The number of nitrogens with zero attached hydrogens (tertiary/aromatic N) is 2. The van der Waals surface area contributed by atoms with E-state index in [1.807, 2.05) is 41.1 Å². The van der Waals surface area contributed by atoms with Crippen LogP contribution in [0.5, 0.6) is 0 Å². The molecule has 0 saturated carbocycles. The monoisotopic (exact) mass is 276 g/mol. The van der Waals surface area contributed by atoms with E-state index in [0.717, 1.165) is 10.9 Å². The largest absolute Gasteiger partial charge is 0.478 e. The molecule has 0 spiro atoms. The average Bonchev–Trinajstić information content (AvgIpc) is 2.91. The third-order valence-electron chi connectivity index (χ3n) is 3.50. The highest BCUT2D eigenvalue weighted by Gasteiger charge is 2.13. The minimum absolute atomic E-state index is 0.270. The number of para-hydroxylation sites is 1. The van der Waals surface area contributed by atoms with Crippen molar-refractivity contribution in [3.63, 3.8) is 0 Å². The van der Waals surface area contributed by atoms with E-state index >= 15 is 0 Å². The number of hydrogen-bond donors (Lipinski definition) is 1. The van der Waals surface area contributed by atoms with Gasteiger partial charge in [0.25, 0.3) is 0 Å². The summed E-state index contributed by atoms with van der Waals surface area (Å²) in [7, 11) is 0. The van der Waals surface area contributed by atoms with Crippen LogP contribution in [0.3, 0.4) is 0 Å². The summed E-state index contributed by atoms with van der Waals surface area (Å²) in [6.07, 6.45) is 1.85. The summed E-state index contributed by atoms with van der Waals surface area (Å²) in [5, 5.41) is 19.4. The molecule has 0 radical (unpaired) electrons. The second-order valence-electron chi connectivity index (χ2n) is 4.76. The quantitative estimate of drug-likeness (QED) is 0.798. The second kappa shape index (κ2) is 5.14. The summed E-state index contributed by atoms with van der Waals surface area (Å²) in [5.74, 6) is -0.950. The van der Waals surface area contributed by atoms with Crippen LogP contribution in [0.4, 0.5) is 0 Å². The summed E-state index contributed by atoms with van der Waals surface area (Å²) in [6.45, 7) is 0.470. The van der Waals surface area contributed by atoms with Crippen LogP contribution in [0.25, 0.3) is 10.9 Å². The molecular formula is C17H12N2O2. The molecule has 0 aliphatic heterocycles. The van der Waals surface area contributed by atoms with Gasteiger partial charge in [-0.3, -0.25) is 0 Å². The topological polar surface area (TPSA) is 66.0 Å². The molecule has 3 aromatic rings. The fourth-order valence-corrected chi connectivity index (χ4v) is 2.52. The van der Waals surface area contributed by atoms with Gasteiger partial charge in [0.2, 0.25) is 0 Å². The first-order valence-electron chi connectivity index (χ1n) is 6.50. The molecule has 21 heavy (non-hydrogen) atoms. The first-order chi connectivity index (χ1) is 10.2. The van der Waals surface area contributed by atoms with Crippen molar-refractivity contribution < 1.29 is 9.90 Å². The van der Waals surface area contributed by atoms with Gasteiger partial charge in [-0.25, -0.2) is 4.79 Å². The second-order valence-corrected chi connectivity index (χ2v) is 4.76. The Hall–Kier alpha value is -3.06. The standard InChI is InChI=1S/C17H12N2O2/c18-10-13-4-1-2-5-14(13)11-19-9-8-12-6-3-7-15(16(12)19)17(20)21/h1-9H,11H2,(H,20,21). The van der Waals surface area contributed by atoms with Crippen molar-refractivity contribution in [1.82, 2.24) is 4.57 Å². The Balaban J connectivity index is 2.14. The molecule has 0 aliphatic carbocycles. The number of benzene rings is 2. The maximum absolute atomic E-state index is 11.4. The molecule has 4 heteroatoms. The average molecular weight is 276 g/mol. The zero-order chi connectivity index (χ0) is 14.8. The predicted molar refractivity (Wildman–Crippen MR) is 79.2 cm³/mol. The smallest absolute Gasteiger partial charge is 0.337 e. The maximum atomic E-state index is 11.4. The van der Waals surface area contributed by atoms with Crippen LogP contribution in [0.2, 0.25) is 0 Å². The van der Waals surface area contributed by atoms with Gasteiger partial charge in [-0.15, -0.1) is 0 Å². The van der Waals surface area contributed by atoms with E-state index in [9.17, 15) is 9.90 Å². The molecule has 1 heterocycles. The zero-order valence-electron chi connectivity index (χ0n) is 11.2. The summed E-state index contributed by atoms with van der Waals surface area (Å²) < 4.78 is 1.87. The molecular weight excluding hydrogens is 264 g/mol. The number of aromatic nitrogens is 1. The van der Waals surface area contributed by atoms with E-state index in [1.165, 1.54) is 0 Å². The Morgan fingerprint density at radius 3 is 2.71 bits per heavy atom. The van der Waals surface area contributed by atoms with Gasteiger partial charge in [-0.05, 0) is 23.8 Å². The van der Waals surface area contributed by atoms with Gasteiger partial charge in [-0.1, -0.05) is 30.3 Å². The van der Waals surface area contributed by atoms with Gasteiger partial charge in [0.05, 0.1) is 22.7 Å². The van der Waals surface area contributed by atoms with E-state index in [2.05, 4.69) is 6.07 Å². The number of carboxylic acids is 1. The van der Waals surface area contributed by atoms with Crippen LogP contribution >= 0.6 is 0 Å². The van der Waals surface area contributed by atoms with Crippen LogP contribution in [-0.4, -0.2) is 15.6 Å². The molecule has 0 bridgehead atoms. The molecule has 2 aromatic carbocycles. The molecule has 0 aliphatic rings. The highest BCUT2D eigenvalue weighted by molar-refractivity contribution is 6.02. The fraction of sp³-hybridized carbons (Fsp3) is 0.0588. The Morgan fingerprint density at radius 2 is 1.95 bits per heavy atom. The van der Waals surface area contributed by atoms with Gasteiger partial charge in [0.15, 0.2) is 0 Å². The maximum Gasteiger partial charge on any atom is 0.337 e. The highest BCUT2D eigenvalue weighted by Crippen LogP contribution is 2.22. The van der Waals surface area contributed by atoms with E-state index in [1.54, 1.807) is 18.2 Å². The third-order valence-corrected chi connectivity index (χ3v) is 3.50. The van der Waals surface area contributed by atoms with Gasteiger partial charge in [-0.2, -0.15) is 5.26 Å². The molecule has 4 nitrogen and oxygen atoms in total. The lowest BCUT2D eigenvalue weighted by atomic mass is 10.1. The Morgan fingerprint density at radius 1 is 1.14 bits per heavy atom. The minimum atomic E-state index is -0.950. The SMILES string of the molecule is N#Cc1ccccc1Cn1ccc2cccc(C(=O)O)c21. The number of carboxylic acid groups (broad SMARTS) is 1. The molecule has 102 valence electrons.